The second-order valence-corrected chi connectivity index (χ2v) is 12.4. The molecule has 1 heterocycles. The third-order valence-corrected chi connectivity index (χ3v) is 7.12. The van der Waals surface area contributed by atoms with Crippen LogP contribution in [0.2, 0.25) is 0 Å². The van der Waals surface area contributed by atoms with Gasteiger partial charge in [-0.3, -0.25) is 0 Å². The fourth-order valence-corrected chi connectivity index (χ4v) is 4.51. The Bertz CT molecular complexity index is 853. The van der Waals surface area contributed by atoms with E-state index in [0.29, 0.717) is 6.54 Å². The van der Waals surface area contributed by atoms with Crippen molar-refractivity contribution in [3.63, 3.8) is 0 Å². The van der Waals surface area contributed by atoms with Gasteiger partial charge in [0.2, 0.25) is 0 Å². The van der Waals surface area contributed by atoms with E-state index < -0.39 is 17.0 Å². The van der Waals surface area contributed by atoms with E-state index >= 15 is 0 Å². The highest BCUT2D eigenvalue weighted by atomic mass is 32.2. The molecule has 2 atom stereocenters. The van der Waals surface area contributed by atoms with Crippen molar-refractivity contribution in [2.45, 2.75) is 71.4 Å². The lowest BCUT2D eigenvalue weighted by molar-refractivity contribution is 0.0285. The van der Waals surface area contributed by atoms with Gasteiger partial charge in [-0.2, -0.15) is 0 Å². The molecule has 0 aliphatic carbocycles. The van der Waals surface area contributed by atoms with E-state index in [1.54, 1.807) is 23.3 Å². The lowest BCUT2D eigenvalue weighted by Gasteiger charge is -2.26. The first-order valence-electron chi connectivity index (χ1n) is 10.1. The van der Waals surface area contributed by atoms with Crippen LogP contribution >= 0.6 is 11.3 Å². The Kier molecular flexibility index (Phi) is 8.02. The van der Waals surface area contributed by atoms with Gasteiger partial charge in [-0.05, 0) is 76.6 Å². The number of benzene rings is 1. The van der Waals surface area contributed by atoms with Crippen molar-refractivity contribution >= 4 is 28.8 Å². The smallest absolute Gasteiger partial charge is 0.410 e. The van der Waals surface area contributed by atoms with E-state index in [1.165, 1.54) is 0 Å². The molecule has 1 N–H and O–H groups in total. The standard InChI is InChI=1S/C23H34N2O3S2/c1-16(24-30(27)23(5,6)7)20-13-18(15-29-20)19-12-10-9-11-17(19)14-25(8)21(26)28-22(2,3)4/h9-13,15-16,24H,14H2,1-8H3/t16-,30-/m1/s1. The lowest BCUT2D eigenvalue weighted by atomic mass is 10.0. The summed E-state index contributed by atoms with van der Waals surface area (Å²) in [6.07, 6.45) is -0.342. The van der Waals surface area contributed by atoms with E-state index in [0.717, 1.165) is 21.6 Å². The van der Waals surface area contributed by atoms with Crippen LogP contribution in [0.3, 0.4) is 0 Å². The first-order chi connectivity index (χ1) is 13.8. The number of rotatable bonds is 6. The van der Waals surface area contributed by atoms with Gasteiger partial charge in [-0.1, -0.05) is 24.3 Å². The van der Waals surface area contributed by atoms with Crippen LogP contribution in [-0.4, -0.2) is 32.9 Å². The molecule has 1 aromatic heterocycles. The Morgan fingerprint density at radius 2 is 1.87 bits per heavy atom. The molecule has 0 saturated heterocycles. The molecule has 0 spiro atoms. The molecule has 1 amide bonds. The largest absolute Gasteiger partial charge is 0.598 e. The Balaban J connectivity index is 2.17. The SMILES string of the molecule is C[C@@H](N[S@+]([O-])C(C)(C)C)c1cc(-c2ccccc2CN(C)C(=O)OC(C)(C)C)cs1. The van der Waals surface area contributed by atoms with Crippen molar-refractivity contribution < 1.29 is 14.1 Å². The predicted molar refractivity (Wildman–Crippen MR) is 127 cm³/mol. The van der Waals surface area contributed by atoms with Crippen molar-refractivity contribution in [3.8, 4) is 11.1 Å². The molecule has 0 aliphatic rings. The van der Waals surface area contributed by atoms with Crippen LogP contribution in [0.4, 0.5) is 4.79 Å². The van der Waals surface area contributed by atoms with E-state index in [-0.39, 0.29) is 16.9 Å². The van der Waals surface area contributed by atoms with Gasteiger partial charge in [0, 0.05) is 29.8 Å². The normalized spacial score (nSPS) is 14.3. The van der Waals surface area contributed by atoms with Crippen molar-refractivity contribution in [1.82, 2.24) is 9.62 Å². The Labute approximate surface area is 188 Å². The molecule has 0 fully saturated rings. The minimum absolute atomic E-state index is 0.0135. The van der Waals surface area contributed by atoms with E-state index in [4.69, 9.17) is 4.74 Å². The average Bonchev–Trinajstić information content (AvgIpc) is 3.09. The molecule has 0 unspecified atom stereocenters. The van der Waals surface area contributed by atoms with Crippen LogP contribution in [0.5, 0.6) is 0 Å². The van der Waals surface area contributed by atoms with E-state index in [1.807, 2.05) is 66.7 Å². The number of hydrogen-bond donors (Lipinski definition) is 1. The van der Waals surface area contributed by atoms with Crippen LogP contribution in [0.25, 0.3) is 11.1 Å². The quantitative estimate of drug-likeness (QED) is 0.557. The highest BCUT2D eigenvalue weighted by Crippen LogP contribution is 2.32. The van der Waals surface area contributed by atoms with Crippen molar-refractivity contribution in [2.75, 3.05) is 7.05 Å². The molecule has 5 nitrogen and oxygen atoms in total. The number of nitrogens with zero attached hydrogens (tertiary/aromatic N) is 1. The zero-order valence-electron chi connectivity index (χ0n) is 19.2. The first-order valence-corrected chi connectivity index (χ1v) is 12.1. The molecule has 0 saturated carbocycles. The summed E-state index contributed by atoms with van der Waals surface area (Å²) >= 11 is 0.514. The summed E-state index contributed by atoms with van der Waals surface area (Å²) in [5.41, 5.74) is 2.70. The number of carbonyl (C=O) groups is 1. The van der Waals surface area contributed by atoms with Crippen LogP contribution in [-0.2, 0) is 22.6 Å². The minimum Gasteiger partial charge on any atom is -0.598 e. The minimum atomic E-state index is -1.13. The molecule has 0 aliphatic heterocycles. The van der Waals surface area contributed by atoms with Gasteiger partial charge >= 0.3 is 6.09 Å². The number of hydrogen-bond acceptors (Lipinski definition) is 5. The number of carbonyl (C=O) groups excluding carboxylic acids is 1. The molecular weight excluding hydrogens is 416 g/mol. The lowest BCUT2D eigenvalue weighted by Crippen LogP contribution is -2.40. The fraction of sp³-hybridized carbons (Fsp3) is 0.522. The number of nitrogens with one attached hydrogen (secondary N) is 1. The fourth-order valence-electron chi connectivity index (χ4n) is 2.72. The van der Waals surface area contributed by atoms with Gasteiger partial charge in [0.25, 0.3) is 0 Å². The molecule has 0 bridgehead atoms. The Morgan fingerprint density at radius 3 is 2.47 bits per heavy atom. The van der Waals surface area contributed by atoms with Crippen LogP contribution < -0.4 is 4.72 Å². The van der Waals surface area contributed by atoms with Crippen LogP contribution in [0.15, 0.2) is 35.7 Å². The van der Waals surface area contributed by atoms with Gasteiger partial charge in [0.1, 0.15) is 10.3 Å². The van der Waals surface area contributed by atoms with Crippen molar-refractivity contribution in [3.05, 3.63) is 46.2 Å². The van der Waals surface area contributed by atoms with Crippen molar-refractivity contribution in [1.29, 1.82) is 0 Å². The summed E-state index contributed by atoms with van der Waals surface area (Å²) in [6, 6.07) is 10.2. The molecule has 30 heavy (non-hydrogen) atoms. The maximum atomic E-state index is 12.4. The molecular formula is C23H34N2O3S2. The van der Waals surface area contributed by atoms with Gasteiger partial charge < -0.3 is 14.2 Å². The summed E-state index contributed by atoms with van der Waals surface area (Å²) in [5, 5.41) is 2.11. The van der Waals surface area contributed by atoms with Crippen LogP contribution in [0.1, 0.15) is 64.9 Å². The zero-order valence-corrected chi connectivity index (χ0v) is 20.9. The van der Waals surface area contributed by atoms with Crippen LogP contribution in [0, 0.1) is 0 Å². The second-order valence-electron chi connectivity index (χ2n) is 9.45. The topological polar surface area (TPSA) is 64.6 Å². The van der Waals surface area contributed by atoms with Crippen molar-refractivity contribution in [2.24, 2.45) is 0 Å². The van der Waals surface area contributed by atoms with Gasteiger partial charge in [-0.15, -0.1) is 16.1 Å². The summed E-state index contributed by atoms with van der Waals surface area (Å²) in [6.45, 7) is 13.9. The first kappa shape index (κ1) is 24.7. The molecule has 1 aromatic carbocycles. The highest BCUT2D eigenvalue weighted by molar-refractivity contribution is 7.90. The summed E-state index contributed by atoms with van der Waals surface area (Å²) < 4.78 is 20.8. The third-order valence-electron chi connectivity index (χ3n) is 4.33. The maximum absolute atomic E-state index is 12.4. The van der Waals surface area contributed by atoms with Gasteiger partial charge in [0.15, 0.2) is 0 Å². The maximum Gasteiger partial charge on any atom is 0.410 e. The molecule has 7 heteroatoms. The monoisotopic (exact) mass is 450 g/mol. The van der Waals surface area contributed by atoms with Gasteiger partial charge in [0.05, 0.1) is 6.04 Å². The molecule has 0 radical (unpaired) electrons. The van der Waals surface area contributed by atoms with E-state index in [9.17, 15) is 9.35 Å². The second kappa shape index (κ2) is 9.73. The molecule has 2 aromatic rings. The van der Waals surface area contributed by atoms with Gasteiger partial charge in [-0.25, -0.2) is 4.79 Å². The average molecular weight is 451 g/mol. The molecule has 2 rings (SSSR count). The number of ether oxygens (including phenoxy) is 1. The highest BCUT2D eigenvalue weighted by Gasteiger charge is 2.29. The zero-order chi connectivity index (χ0) is 22.7. The molecule has 166 valence electrons. The third kappa shape index (κ3) is 7.01. The number of thiophene rings is 1. The Hall–Kier alpha value is -1.54. The summed E-state index contributed by atoms with van der Waals surface area (Å²) in [4.78, 5) is 15.1. The van der Waals surface area contributed by atoms with E-state index in [2.05, 4.69) is 22.2 Å². The predicted octanol–water partition coefficient (Wildman–Crippen LogP) is 5.89. The Morgan fingerprint density at radius 1 is 1.23 bits per heavy atom. The summed E-state index contributed by atoms with van der Waals surface area (Å²) in [5.74, 6) is 0. The summed E-state index contributed by atoms with van der Waals surface area (Å²) in [7, 11) is 1.75. The number of amides is 1.